The Morgan fingerprint density at radius 1 is 1.32 bits per heavy atom. The molecule has 5 nitrogen and oxygen atoms in total. The molecule has 0 aliphatic carbocycles. The lowest BCUT2D eigenvalue weighted by Gasteiger charge is -2.44. The summed E-state index contributed by atoms with van der Waals surface area (Å²) in [4.78, 5) is 25.0. The van der Waals surface area contributed by atoms with Crippen LogP contribution in [0, 0.1) is 6.92 Å². The fourth-order valence-electron chi connectivity index (χ4n) is 2.03. The van der Waals surface area contributed by atoms with Gasteiger partial charge in [0.05, 0.1) is 25.2 Å². The maximum Gasteiger partial charge on any atom is 0.251 e. The molecule has 0 unspecified atom stereocenters. The molecule has 1 aliphatic rings. The summed E-state index contributed by atoms with van der Waals surface area (Å²) in [5, 5.41) is 12.1. The van der Waals surface area contributed by atoms with E-state index in [9.17, 15) is 14.7 Å². The number of carbonyl (C=O) groups is 2. The number of aliphatic hydroxyl groups is 1. The molecule has 1 aromatic carbocycles. The van der Waals surface area contributed by atoms with Gasteiger partial charge >= 0.3 is 0 Å². The maximum absolute atomic E-state index is 11.8. The first-order valence-corrected chi connectivity index (χ1v) is 6.22. The van der Waals surface area contributed by atoms with Gasteiger partial charge in [0.25, 0.3) is 5.91 Å². The second kappa shape index (κ2) is 5.01. The van der Waals surface area contributed by atoms with Gasteiger partial charge in [-0.1, -0.05) is 17.7 Å². The minimum absolute atomic E-state index is 0.0389. The number of carbonyl (C=O) groups excluding carboxylic acids is 2. The Balaban J connectivity index is 1.81. The lowest BCUT2D eigenvalue weighted by Crippen LogP contribution is -2.63. The van der Waals surface area contributed by atoms with Gasteiger partial charge in [-0.15, -0.1) is 0 Å². The van der Waals surface area contributed by atoms with Crippen LogP contribution >= 0.6 is 0 Å². The summed E-state index contributed by atoms with van der Waals surface area (Å²) in [5.41, 5.74) is 0.834. The van der Waals surface area contributed by atoms with Crippen LogP contribution in [0.3, 0.4) is 0 Å². The molecule has 19 heavy (non-hydrogen) atoms. The van der Waals surface area contributed by atoms with E-state index < -0.39 is 5.60 Å². The minimum Gasteiger partial charge on any atom is -0.386 e. The molecule has 2 N–H and O–H groups in total. The maximum atomic E-state index is 11.8. The zero-order chi connectivity index (χ0) is 14.0. The number of benzene rings is 1. The summed E-state index contributed by atoms with van der Waals surface area (Å²) in [6.07, 6.45) is 0. The quantitative estimate of drug-likeness (QED) is 0.824. The molecule has 0 aromatic heterocycles. The summed E-state index contributed by atoms with van der Waals surface area (Å²) in [5.74, 6) is -0.437. The topological polar surface area (TPSA) is 69.6 Å². The van der Waals surface area contributed by atoms with Crippen LogP contribution in [0.2, 0.25) is 0 Å². The van der Waals surface area contributed by atoms with E-state index >= 15 is 0 Å². The summed E-state index contributed by atoms with van der Waals surface area (Å²) < 4.78 is 0. The zero-order valence-corrected chi connectivity index (χ0v) is 11.1. The van der Waals surface area contributed by atoms with Gasteiger partial charge < -0.3 is 15.3 Å². The van der Waals surface area contributed by atoms with Crippen LogP contribution in [0.15, 0.2) is 24.3 Å². The molecule has 0 spiro atoms. The second-order valence-electron chi connectivity index (χ2n) is 5.30. The molecule has 2 rings (SSSR count). The van der Waals surface area contributed by atoms with Crippen LogP contribution in [-0.2, 0) is 4.79 Å². The van der Waals surface area contributed by atoms with E-state index in [-0.39, 0.29) is 18.4 Å². The van der Waals surface area contributed by atoms with Gasteiger partial charge in [-0.05, 0) is 26.0 Å². The first-order valence-electron chi connectivity index (χ1n) is 6.22. The zero-order valence-electron chi connectivity index (χ0n) is 11.1. The van der Waals surface area contributed by atoms with Crippen molar-refractivity contribution in [1.29, 1.82) is 0 Å². The highest BCUT2D eigenvalue weighted by Gasteiger charge is 2.39. The fourth-order valence-corrected chi connectivity index (χ4v) is 2.03. The molecule has 0 bridgehead atoms. The normalized spacial score (nSPS) is 16.7. The Labute approximate surface area is 112 Å². The summed E-state index contributed by atoms with van der Waals surface area (Å²) >= 11 is 0. The third-order valence-electron chi connectivity index (χ3n) is 3.13. The van der Waals surface area contributed by atoms with E-state index in [0.717, 1.165) is 5.56 Å². The van der Waals surface area contributed by atoms with Crippen molar-refractivity contribution in [2.45, 2.75) is 19.4 Å². The molecule has 5 heteroatoms. The highest BCUT2D eigenvalue weighted by Crippen LogP contribution is 2.19. The van der Waals surface area contributed by atoms with Gasteiger partial charge in [0.2, 0.25) is 5.91 Å². The van der Waals surface area contributed by atoms with Gasteiger partial charge in [0, 0.05) is 5.56 Å². The highest BCUT2D eigenvalue weighted by atomic mass is 16.3. The Morgan fingerprint density at radius 2 is 1.89 bits per heavy atom. The van der Waals surface area contributed by atoms with Crippen molar-refractivity contribution in [3.8, 4) is 0 Å². The van der Waals surface area contributed by atoms with Crippen molar-refractivity contribution < 1.29 is 14.7 Å². The van der Waals surface area contributed by atoms with Crippen LogP contribution in [0.5, 0.6) is 0 Å². The second-order valence-corrected chi connectivity index (χ2v) is 5.30. The molecule has 0 atom stereocenters. The van der Waals surface area contributed by atoms with E-state index in [2.05, 4.69) is 5.32 Å². The number of likely N-dealkylation sites (tertiary alicyclic amines) is 1. The van der Waals surface area contributed by atoms with Crippen molar-refractivity contribution in [2.75, 3.05) is 19.6 Å². The van der Waals surface area contributed by atoms with Crippen LogP contribution in [-0.4, -0.2) is 47.1 Å². The molecule has 0 saturated carbocycles. The van der Waals surface area contributed by atoms with E-state index in [0.29, 0.717) is 18.7 Å². The molecular weight excluding hydrogens is 244 g/mol. The van der Waals surface area contributed by atoms with Gasteiger partial charge in [-0.2, -0.15) is 0 Å². The number of hydrogen-bond acceptors (Lipinski definition) is 3. The van der Waals surface area contributed by atoms with Crippen LogP contribution in [0.1, 0.15) is 22.8 Å². The third-order valence-corrected chi connectivity index (χ3v) is 3.13. The molecule has 1 fully saturated rings. The minimum atomic E-state index is -0.781. The summed E-state index contributed by atoms with van der Waals surface area (Å²) in [6, 6.07) is 7.15. The van der Waals surface area contributed by atoms with E-state index in [1.165, 1.54) is 4.90 Å². The van der Waals surface area contributed by atoms with E-state index in [1.807, 2.05) is 19.1 Å². The van der Waals surface area contributed by atoms with Gasteiger partial charge in [0.1, 0.15) is 0 Å². The van der Waals surface area contributed by atoms with Gasteiger partial charge in [-0.3, -0.25) is 9.59 Å². The molecule has 0 radical (unpaired) electrons. The molecule has 1 aliphatic heterocycles. The predicted octanol–water partition coefficient (Wildman–Crippen LogP) is 0.318. The van der Waals surface area contributed by atoms with Crippen LogP contribution in [0.4, 0.5) is 0 Å². The third kappa shape index (κ3) is 3.32. The predicted molar refractivity (Wildman–Crippen MR) is 70.7 cm³/mol. The molecular formula is C14H18N2O3. The monoisotopic (exact) mass is 262 g/mol. The molecule has 1 saturated heterocycles. The first-order chi connectivity index (χ1) is 8.87. The van der Waals surface area contributed by atoms with Crippen LogP contribution in [0.25, 0.3) is 0 Å². The summed E-state index contributed by atoms with van der Waals surface area (Å²) in [6.45, 7) is 4.24. The van der Waals surface area contributed by atoms with Crippen LogP contribution < -0.4 is 5.32 Å². The van der Waals surface area contributed by atoms with E-state index in [4.69, 9.17) is 0 Å². The number of β-amino-alcohol motifs (C(OH)–C–C–N with tert-alkyl or cyclic N) is 1. The largest absolute Gasteiger partial charge is 0.386 e. The van der Waals surface area contributed by atoms with Gasteiger partial charge in [-0.25, -0.2) is 0 Å². The summed E-state index contributed by atoms with van der Waals surface area (Å²) in [7, 11) is 0. The molecule has 1 heterocycles. The Hall–Kier alpha value is -1.88. The standard InChI is InChI=1S/C14H18N2O3/c1-10-3-5-11(6-4-10)13(18)15-7-12(17)16-8-14(2,19)9-16/h3-6,19H,7-9H2,1-2H3,(H,15,18). The number of aryl methyl sites for hydroxylation is 1. The number of hydrogen-bond donors (Lipinski definition) is 2. The van der Waals surface area contributed by atoms with E-state index in [1.54, 1.807) is 19.1 Å². The molecule has 1 aromatic rings. The van der Waals surface area contributed by atoms with Crippen molar-refractivity contribution >= 4 is 11.8 Å². The van der Waals surface area contributed by atoms with Crippen molar-refractivity contribution in [3.05, 3.63) is 35.4 Å². The smallest absolute Gasteiger partial charge is 0.251 e. The SMILES string of the molecule is Cc1ccc(C(=O)NCC(=O)N2CC(C)(O)C2)cc1. The number of nitrogens with zero attached hydrogens (tertiary/aromatic N) is 1. The Kier molecular flexibility index (Phi) is 3.57. The highest BCUT2D eigenvalue weighted by molar-refractivity contribution is 5.96. The Morgan fingerprint density at radius 3 is 2.42 bits per heavy atom. The van der Waals surface area contributed by atoms with Crippen molar-refractivity contribution in [3.63, 3.8) is 0 Å². The molecule has 102 valence electrons. The first kappa shape index (κ1) is 13.5. The number of rotatable bonds is 3. The van der Waals surface area contributed by atoms with Crippen molar-refractivity contribution in [1.82, 2.24) is 10.2 Å². The fraction of sp³-hybridized carbons (Fsp3) is 0.429. The average Bonchev–Trinajstić information content (AvgIpc) is 2.33. The van der Waals surface area contributed by atoms with Gasteiger partial charge in [0.15, 0.2) is 0 Å². The average molecular weight is 262 g/mol. The van der Waals surface area contributed by atoms with Crippen molar-refractivity contribution in [2.24, 2.45) is 0 Å². The number of amides is 2. The number of nitrogens with one attached hydrogen (secondary N) is 1. The lowest BCUT2D eigenvalue weighted by molar-refractivity contribution is -0.151. The molecule has 2 amide bonds. The lowest BCUT2D eigenvalue weighted by atomic mass is 9.97. The Bertz CT molecular complexity index is 486.